The lowest BCUT2D eigenvalue weighted by Crippen LogP contribution is -2.77. The van der Waals surface area contributed by atoms with E-state index in [1.54, 1.807) is 16.7 Å². The minimum absolute atomic E-state index is 0.205. The molecule has 2 heteroatoms. The molecule has 2 nitrogen and oxygen atoms in total. The SMILES string of the molecule is C=C(C)[C@@H]1CC[C@@]2(C)CC([C@@]34CC[C@H]5C[C@@H]6CC[C@H]7[C@@H](CO)CC[C@H](C3)[C@@]67[C@@]5(C)N4)=CC(C)=C2C1. The highest BCUT2D eigenvalue weighted by atomic mass is 16.3. The summed E-state index contributed by atoms with van der Waals surface area (Å²) >= 11 is 0. The Bertz CT molecular complexity index is 1020. The van der Waals surface area contributed by atoms with Crippen molar-refractivity contribution >= 4 is 0 Å². The Kier molecular flexibility index (Phi) is 4.90. The van der Waals surface area contributed by atoms with E-state index in [1.165, 1.54) is 82.6 Å². The van der Waals surface area contributed by atoms with Gasteiger partial charge in [0, 0.05) is 17.7 Å². The molecule has 7 rings (SSSR count). The van der Waals surface area contributed by atoms with E-state index in [-0.39, 0.29) is 11.1 Å². The smallest absolute Gasteiger partial charge is 0.0462 e. The van der Waals surface area contributed by atoms with Crippen LogP contribution in [0.25, 0.3) is 0 Å². The maximum Gasteiger partial charge on any atom is 0.0462 e. The van der Waals surface area contributed by atoms with Gasteiger partial charge in [-0.25, -0.2) is 0 Å². The molecule has 2 saturated heterocycles. The molecule has 0 unspecified atom stereocenters. The summed E-state index contributed by atoms with van der Waals surface area (Å²) < 4.78 is 0. The maximum atomic E-state index is 10.4. The van der Waals surface area contributed by atoms with Crippen molar-refractivity contribution in [3.63, 3.8) is 0 Å². The standard InChI is InChI=1S/C33H49NO/c1-20(2)22-10-12-30(4)17-27(14-21(3)29(30)15-22)32-13-11-24-16-25-8-9-28-23(19-35)6-7-26(18-32)33(25,28)31(24,5)34-32/h14,22-26,28,34-35H,1,6-13,15-19H2,2-5H3/t22-,23-,24+,25+,26-,28+,30+,31+,32-,33+/m1/s1. The zero-order chi connectivity index (χ0) is 24.4. The topological polar surface area (TPSA) is 32.3 Å². The Balaban J connectivity index is 1.30. The average Bonchev–Trinajstić information content (AvgIpc) is 3.34. The molecule has 1 spiro atoms. The van der Waals surface area contributed by atoms with Crippen molar-refractivity contribution in [2.75, 3.05) is 6.61 Å². The van der Waals surface area contributed by atoms with Crippen LogP contribution in [-0.2, 0) is 0 Å². The molecule has 6 fully saturated rings. The summed E-state index contributed by atoms with van der Waals surface area (Å²) in [7, 11) is 0. The third kappa shape index (κ3) is 2.75. The van der Waals surface area contributed by atoms with Crippen molar-refractivity contribution in [2.24, 2.45) is 46.3 Å². The van der Waals surface area contributed by atoms with Crippen LogP contribution in [0, 0.1) is 46.3 Å². The first-order chi connectivity index (χ1) is 16.7. The van der Waals surface area contributed by atoms with Crippen molar-refractivity contribution in [1.29, 1.82) is 0 Å². The van der Waals surface area contributed by atoms with Crippen LogP contribution in [0.1, 0.15) is 105 Å². The highest BCUT2D eigenvalue weighted by molar-refractivity contribution is 5.45. The molecule has 4 saturated carbocycles. The van der Waals surface area contributed by atoms with E-state index >= 15 is 0 Å². The van der Waals surface area contributed by atoms with Gasteiger partial charge in [-0.2, -0.15) is 0 Å². The van der Waals surface area contributed by atoms with Gasteiger partial charge in [-0.15, -0.1) is 0 Å². The second kappa shape index (κ2) is 7.37. The van der Waals surface area contributed by atoms with E-state index in [9.17, 15) is 5.11 Å². The molecule has 2 aliphatic heterocycles. The number of rotatable bonds is 3. The largest absolute Gasteiger partial charge is 0.396 e. The quantitative estimate of drug-likeness (QED) is 0.418. The summed E-state index contributed by atoms with van der Waals surface area (Å²) in [6, 6.07) is 0. The third-order valence-corrected chi connectivity index (χ3v) is 13.8. The van der Waals surface area contributed by atoms with Gasteiger partial charge in [0.1, 0.15) is 0 Å². The number of hydrogen-bond donors (Lipinski definition) is 2. The van der Waals surface area contributed by atoms with Gasteiger partial charge in [-0.1, -0.05) is 36.3 Å². The molecule has 7 aliphatic rings. The molecule has 0 aromatic rings. The fraction of sp³-hybridized carbons (Fsp3) is 0.818. The van der Waals surface area contributed by atoms with Crippen molar-refractivity contribution in [3.05, 3.63) is 34.9 Å². The highest BCUT2D eigenvalue weighted by Gasteiger charge is 2.76. The van der Waals surface area contributed by atoms with E-state index in [1.807, 2.05) is 0 Å². The predicted octanol–water partition coefficient (Wildman–Crippen LogP) is 7.35. The van der Waals surface area contributed by atoms with E-state index in [0.29, 0.717) is 29.3 Å². The number of fused-ring (bicyclic) bond motifs is 2. The Morgan fingerprint density at radius 2 is 1.86 bits per heavy atom. The van der Waals surface area contributed by atoms with Crippen molar-refractivity contribution in [3.8, 4) is 0 Å². The van der Waals surface area contributed by atoms with Crippen LogP contribution in [-0.4, -0.2) is 22.8 Å². The van der Waals surface area contributed by atoms with E-state index in [0.717, 1.165) is 23.7 Å². The molecule has 2 heterocycles. The Hall–Kier alpha value is -0.860. The molecule has 0 radical (unpaired) electrons. The molecule has 192 valence electrons. The summed E-state index contributed by atoms with van der Waals surface area (Å²) in [5.74, 6) is 4.55. The summed E-state index contributed by atoms with van der Waals surface area (Å²) in [4.78, 5) is 0. The van der Waals surface area contributed by atoms with Crippen LogP contribution in [0.5, 0.6) is 0 Å². The van der Waals surface area contributed by atoms with Crippen LogP contribution in [0.2, 0.25) is 0 Å². The molecule has 0 aromatic heterocycles. The molecule has 2 N–H and O–H groups in total. The first kappa shape index (κ1) is 23.3. The van der Waals surface area contributed by atoms with Crippen LogP contribution in [0.4, 0.5) is 0 Å². The summed E-state index contributed by atoms with van der Waals surface area (Å²) in [5, 5.41) is 15.0. The Labute approximate surface area is 214 Å². The van der Waals surface area contributed by atoms with Gasteiger partial charge >= 0.3 is 0 Å². The maximum absolute atomic E-state index is 10.4. The normalized spacial score (nSPS) is 54.3. The van der Waals surface area contributed by atoms with Crippen molar-refractivity contribution < 1.29 is 5.11 Å². The fourth-order valence-electron chi connectivity index (χ4n) is 12.4. The monoisotopic (exact) mass is 475 g/mol. The molecule has 0 amide bonds. The number of aliphatic hydroxyl groups is 1. The molecule has 35 heavy (non-hydrogen) atoms. The van der Waals surface area contributed by atoms with Gasteiger partial charge < -0.3 is 10.4 Å². The Morgan fingerprint density at radius 3 is 2.63 bits per heavy atom. The number of nitrogens with one attached hydrogen (secondary N) is 1. The number of allylic oxidation sites excluding steroid dienone is 4. The first-order valence-electron chi connectivity index (χ1n) is 15.1. The van der Waals surface area contributed by atoms with Crippen LogP contribution < -0.4 is 5.32 Å². The highest BCUT2D eigenvalue weighted by Crippen LogP contribution is 2.77. The number of aliphatic hydroxyl groups excluding tert-OH is 1. The van der Waals surface area contributed by atoms with Gasteiger partial charge in [0.05, 0.1) is 0 Å². The van der Waals surface area contributed by atoms with Crippen molar-refractivity contribution in [1.82, 2.24) is 5.32 Å². The third-order valence-electron chi connectivity index (χ3n) is 13.8. The van der Waals surface area contributed by atoms with Crippen LogP contribution in [0.15, 0.2) is 34.9 Å². The molecule has 2 bridgehead atoms. The van der Waals surface area contributed by atoms with Crippen LogP contribution >= 0.6 is 0 Å². The van der Waals surface area contributed by atoms with E-state index in [2.05, 4.69) is 45.7 Å². The second-order valence-corrected chi connectivity index (χ2v) is 15.0. The number of hydrogen-bond acceptors (Lipinski definition) is 2. The number of piperidine rings is 2. The van der Waals surface area contributed by atoms with Gasteiger partial charge in [0.25, 0.3) is 0 Å². The second-order valence-electron chi connectivity index (χ2n) is 15.0. The predicted molar refractivity (Wildman–Crippen MR) is 144 cm³/mol. The van der Waals surface area contributed by atoms with Gasteiger partial charge in [-0.3, -0.25) is 0 Å². The lowest BCUT2D eigenvalue weighted by molar-refractivity contribution is -0.149. The minimum Gasteiger partial charge on any atom is -0.396 e. The summed E-state index contributed by atoms with van der Waals surface area (Å²) in [6.45, 7) is 14.7. The zero-order valence-electron chi connectivity index (χ0n) is 22.9. The fourth-order valence-corrected chi connectivity index (χ4v) is 12.4. The van der Waals surface area contributed by atoms with Crippen molar-refractivity contribution in [2.45, 2.75) is 116 Å². The first-order valence-corrected chi connectivity index (χ1v) is 15.1. The lowest BCUT2D eigenvalue weighted by Gasteiger charge is -2.69. The molecular weight excluding hydrogens is 426 g/mol. The van der Waals surface area contributed by atoms with Gasteiger partial charge in [0.2, 0.25) is 0 Å². The van der Waals surface area contributed by atoms with Crippen LogP contribution in [0.3, 0.4) is 0 Å². The van der Waals surface area contributed by atoms with Gasteiger partial charge in [-0.05, 0) is 150 Å². The summed E-state index contributed by atoms with van der Waals surface area (Å²) in [6.07, 6.45) is 18.8. The minimum atomic E-state index is 0.205. The molecule has 0 aromatic carbocycles. The molecule has 5 aliphatic carbocycles. The lowest BCUT2D eigenvalue weighted by atomic mass is 9.43. The summed E-state index contributed by atoms with van der Waals surface area (Å²) in [5.41, 5.74) is 7.70. The van der Waals surface area contributed by atoms with Gasteiger partial charge in [0.15, 0.2) is 0 Å². The average molecular weight is 476 g/mol. The molecular formula is C33H49NO. The Morgan fingerprint density at radius 1 is 1.06 bits per heavy atom. The zero-order valence-corrected chi connectivity index (χ0v) is 22.9. The van der Waals surface area contributed by atoms with E-state index < -0.39 is 0 Å². The molecule has 10 atom stereocenters. The van der Waals surface area contributed by atoms with E-state index in [4.69, 9.17) is 0 Å².